The summed E-state index contributed by atoms with van der Waals surface area (Å²) in [5, 5.41) is 0. The molecular weight excluding hydrogens is 855 g/mol. The molecule has 13 rings (SSSR count). The van der Waals surface area contributed by atoms with Crippen LogP contribution in [0.3, 0.4) is 0 Å². The van der Waals surface area contributed by atoms with Gasteiger partial charge in [-0.1, -0.05) is 257 Å². The number of benzene rings is 11. The molecule has 11 aromatic rings. The molecule has 0 saturated carbocycles. The highest BCUT2D eigenvalue weighted by molar-refractivity contribution is 5.94. The van der Waals surface area contributed by atoms with Gasteiger partial charge < -0.3 is 4.90 Å². The Morgan fingerprint density at radius 2 is 0.606 bits per heavy atom. The van der Waals surface area contributed by atoms with E-state index in [0.29, 0.717) is 0 Å². The van der Waals surface area contributed by atoms with Gasteiger partial charge in [0, 0.05) is 22.4 Å². The van der Waals surface area contributed by atoms with Gasteiger partial charge in [-0.3, -0.25) is 0 Å². The van der Waals surface area contributed by atoms with Crippen LogP contribution in [0.4, 0.5) is 17.1 Å². The molecule has 0 saturated heterocycles. The molecule has 0 heterocycles. The maximum Gasteiger partial charge on any atom is 0.0714 e. The fraction of sp³-hybridized carbons (Fsp3) is 0.0571. The van der Waals surface area contributed by atoms with E-state index in [1.54, 1.807) is 0 Å². The lowest BCUT2D eigenvalue weighted by Crippen LogP contribution is -2.29. The standard InChI is InChI=1S/C70H51N/c1-69(2)64-27-15-12-25-60(64)62-44-42-57(46-66(62)69)71(68-29-17-14-24-59(68)54-32-30-51(31-33-54)48-18-6-3-7-19-48)58-43-45-63-61-26-13-16-28-65(61)70(67(63)47-58,55-38-34-52(35-39-55)49-20-8-4-9-21-49)56-40-36-53(37-41-56)50-22-10-5-11-23-50/h3-47H,1-2H3. The summed E-state index contributed by atoms with van der Waals surface area (Å²) in [6.45, 7) is 4.75. The van der Waals surface area contributed by atoms with Gasteiger partial charge in [-0.2, -0.15) is 0 Å². The molecule has 0 spiro atoms. The summed E-state index contributed by atoms with van der Waals surface area (Å²) in [6, 6.07) is 101. The molecule has 336 valence electrons. The molecule has 0 N–H and O–H groups in total. The Morgan fingerprint density at radius 3 is 1.13 bits per heavy atom. The summed E-state index contributed by atoms with van der Waals surface area (Å²) < 4.78 is 0. The van der Waals surface area contributed by atoms with E-state index in [4.69, 9.17) is 0 Å². The van der Waals surface area contributed by atoms with Crippen molar-refractivity contribution in [1.29, 1.82) is 0 Å². The molecule has 0 fully saturated rings. The van der Waals surface area contributed by atoms with Gasteiger partial charge in [0.25, 0.3) is 0 Å². The van der Waals surface area contributed by atoms with Crippen molar-refractivity contribution in [3.05, 3.63) is 306 Å². The smallest absolute Gasteiger partial charge is 0.0714 e. The van der Waals surface area contributed by atoms with Gasteiger partial charge in [-0.15, -0.1) is 0 Å². The first-order chi connectivity index (χ1) is 35.0. The molecule has 2 aliphatic carbocycles. The molecule has 0 unspecified atom stereocenters. The fourth-order valence-corrected chi connectivity index (χ4v) is 11.9. The molecular formula is C70H51N. The Kier molecular flexibility index (Phi) is 10.1. The van der Waals surface area contributed by atoms with Gasteiger partial charge in [0.1, 0.15) is 0 Å². The monoisotopic (exact) mass is 905 g/mol. The lowest BCUT2D eigenvalue weighted by Gasteiger charge is -2.35. The van der Waals surface area contributed by atoms with Crippen LogP contribution in [0.2, 0.25) is 0 Å². The predicted octanol–water partition coefficient (Wildman–Crippen LogP) is 18.5. The van der Waals surface area contributed by atoms with Gasteiger partial charge in [0.15, 0.2) is 0 Å². The number of para-hydroxylation sites is 1. The Labute approximate surface area is 417 Å². The van der Waals surface area contributed by atoms with Crippen LogP contribution in [0.5, 0.6) is 0 Å². The average molecular weight is 906 g/mol. The van der Waals surface area contributed by atoms with Gasteiger partial charge in [0.05, 0.1) is 11.1 Å². The van der Waals surface area contributed by atoms with E-state index >= 15 is 0 Å². The van der Waals surface area contributed by atoms with E-state index in [0.717, 1.165) is 17.1 Å². The molecule has 2 aliphatic rings. The quantitative estimate of drug-likeness (QED) is 0.139. The first-order valence-electron chi connectivity index (χ1n) is 24.8. The van der Waals surface area contributed by atoms with Crippen molar-refractivity contribution in [2.75, 3.05) is 4.90 Å². The van der Waals surface area contributed by atoms with E-state index in [-0.39, 0.29) is 5.41 Å². The molecule has 0 amide bonds. The lowest BCUT2D eigenvalue weighted by atomic mass is 9.67. The van der Waals surface area contributed by atoms with Crippen LogP contribution in [0.25, 0.3) is 66.8 Å². The van der Waals surface area contributed by atoms with Gasteiger partial charge >= 0.3 is 0 Å². The summed E-state index contributed by atoms with van der Waals surface area (Å²) in [4.78, 5) is 2.52. The third kappa shape index (κ3) is 6.91. The number of anilines is 3. The van der Waals surface area contributed by atoms with Crippen LogP contribution < -0.4 is 4.90 Å². The average Bonchev–Trinajstić information content (AvgIpc) is 3.87. The topological polar surface area (TPSA) is 3.24 Å². The number of rotatable bonds is 9. The second-order valence-corrected chi connectivity index (χ2v) is 19.6. The normalized spacial score (nSPS) is 13.4. The van der Waals surface area contributed by atoms with Crippen LogP contribution in [-0.4, -0.2) is 0 Å². The summed E-state index contributed by atoms with van der Waals surface area (Å²) in [6.07, 6.45) is 0. The van der Waals surface area contributed by atoms with E-state index < -0.39 is 5.41 Å². The van der Waals surface area contributed by atoms with Crippen LogP contribution in [-0.2, 0) is 10.8 Å². The number of nitrogens with zero attached hydrogens (tertiary/aromatic N) is 1. The zero-order valence-corrected chi connectivity index (χ0v) is 39.9. The maximum absolute atomic E-state index is 2.52. The Bertz CT molecular complexity index is 3650. The highest BCUT2D eigenvalue weighted by Gasteiger charge is 2.46. The molecule has 1 nitrogen and oxygen atoms in total. The molecule has 1 heteroatoms. The van der Waals surface area contributed by atoms with Gasteiger partial charge in [-0.05, 0) is 125 Å². The minimum Gasteiger partial charge on any atom is -0.310 e. The first kappa shape index (κ1) is 42.3. The lowest BCUT2D eigenvalue weighted by molar-refractivity contribution is 0.660. The Hall–Kier alpha value is -8.78. The highest BCUT2D eigenvalue weighted by Crippen LogP contribution is 2.58. The minimum atomic E-state index is -0.633. The molecule has 0 aromatic heterocycles. The second kappa shape index (κ2) is 17.0. The van der Waals surface area contributed by atoms with Crippen molar-refractivity contribution in [2.45, 2.75) is 24.7 Å². The SMILES string of the molecule is CC1(C)c2ccccc2-c2ccc(N(c3ccc4c(c3)C(c3ccc(-c5ccccc5)cc3)(c3ccc(-c5ccccc5)cc3)c3ccccc3-4)c3ccccc3-c3ccc(-c4ccccc4)cc3)cc21. The van der Waals surface area contributed by atoms with Crippen molar-refractivity contribution >= 4 is 17.1 Å². The molecule has 11 aromatic carbocycles. The summed E-state index contributed by atoms with van der Waals surface area (Å²) in [7, 11) is 0. The highest BCUT2D eigenvalue weighted by atomic mass is 15.1. The van der Waals surface area contributed by atoms with E-state index in [1.807, 2.05) is 0 Å². The number of fused-ring (bicyclic) bond motifs is 6. The summed E-state index contributed by atoms with van der Waals surface area (Å²) in [5.41, 5.74) is 25.0. The molecule has 0 radical (unpaired) electrons. The van der Waals surface area contributed by atoms with Crippen molar-refractivity contribution < 1.29 is 0 Å². The zero-order chi connectivity index (χ0) is 47.5. The summed E-state index contributed by atoms with van der Waals surface area (Å²) >= 11 is 0. The molecule has 0 atom stereocenters. The Balaban J connectivity index is 1.04. The van der Waals surface area contributed by atoms with Crippen LogP contribution >= 0.6 is 0 Å². The third-order valence-corrected chi connectivity index (χ3v) is 15.4. The minimum absolute atomic E-state index is 0.174. The van der Waals surface area contributed by atoms with E-state index in [1.165, 1.54) is 100 Å². The van der Waals surface area contributed by atoms with Gasteiger partial charge in [-0.25, -0.2) is 0 Å². The van der Waals surface area contributed by atoms with Crippen LogP contribution in [0.15, 0.2) is 273 Å². The van der Waals surface area contributed by atoms with Crippen molar-refractivity contribution in [1.82, 2.24) is 0 Å². The summed E-state index contributed by atoms with van der Waals surface area (Å²) in [5.74, 6) is 0. The van der Waals surface area contributed by atoms with E-state index in [2.05, 4.69) is 292 Å². The second-order valence-electron chi connectivity index (χ2n) is 19.6. The van der Waals surface area contributed by atoms with Crippen LogP contribution in [0, 0.1) is 0 Å². The zero-order valence-electron chi connectivity index (χ0n) is 39.9. The van der Waals surface area contributed by atoms with Crippen LogP contribution in [0.1, 0.15) is 47.2 Å². The molecule has 71 heavy (non-hydrogen) atoms. The molecule has 0 aliphatic heterocycles. The van der Waals surface area contributed by atoms with Crippen molar-refractivity contribution in [3.63, 3.8) is 0 Å². The third-order valence-electron chi connectivity index (χ3n) is 15.4. The Morgan fingerprint density at radius 1 is 0.254 bits per heavy atom. The van der Waals surface area contributed by atoms with E-state index in [9.17, 15) is 0 Å². The van der Waals surface area contributed by atoms with Crippen molar-refractivity contribution in [2.24, 2.45) is 0 Å². The molecule has 0 bridgehead atoms. The first-order valence-corrected chi connectivity index (χ1v) is 24.8. The fourth-order valence-electron chi connectivity index (χ4n) is 11.9. The predicted molar refractivity (Wildman–Crippen MR) is 298 cm³/mol. The van der Waals surface area contributed by atoms with Crippen molar-refractivity contribution in [3.8, 4) is 66.8 Å². The number of hydrogen-bond acceptors (Lipinski definition) is 1. The maximum atomic E-state index is 2.52. The van der Waals surface area contributed by atoms with Gasteiger partial charge in [0.2, 0.25) is 0 Å². The number of hydrogen-bond donors (Lipinski definition) is 0. The largest absolute Gasteiger partial charge is 0.310 e.